The number of rotatable bonds is 3. The zero-order valence-electron chi connectivity index (χ0n) is 15.8. The lowest BCUT2D eigenvalue weighted by atomic mass is 9.83. The maximum Gasteiger partial charge on any atom is 0.153 e. The third-order valence-corrected chi connectivity index (χ3v) is 5.35. The molecule has 0 radical (unpaired) electrons. The summed E-state index contributed by atoms with van der Waals surface area (Å²) < 4.78 is 9.18. The Labute approximate surface area is 150 Å². The molecule has 1 spiro atoms. The minimum Gasteiger partial charge on any atom is -0.480 e. The van der Waals surface area contributed by atoms with Crippen LogP contribution in [0.2, 0.25) is 0 Å². The van der Waals surface area contributed by atoms with Crippen molar-refractivity contribution in [2.24, 2.45) is 5.92 Å². The summed E-state index contributed by atoms with van der Waals surface area (Å²) in [6, 6.07) is 8.40. The number of ether oxygens (including phenoxy) is 1. The summed E-state index contributed by atoms with van der Waals surface area (Å²) in [5, 5.41) is 3.49. The maximum atomic E-state index is 6.70. The standard InChI is InChI=1S/C21H29N3O/c1-14(2)13-24-19-18(23-20(24)15(3)4)16-7-5-6-8-17(16)25-21(19)9-11-22-12-10-21/h5-8,14-15,22H,9-13H2,1-4H3. The van der Waals surface area contributed by atoms with Crippen LogP contribution >= 0.6 is 0 Å². The van der Waals surface area contributed by atoms with E-state index in [0.717, 1.165) is 49.5 Å². The quantitative estimate of drug-likeness (QED) is 0.906. The minimum atomic E-state index is -0.246. The largest absolute Gasteiger partial charge is 0.480 e. The van der Waals surface area contributed by atoms with Crippen molar-refractivity contribution in [3.63, 3.8) is 0 Å². The number of hydrogen-bond acceptors (Lipinski definition) is 3. The molecule has 0 bridgehead atoms. The van der Waals surface area contributed by atoms with Crippen LogP contribution in [0.1, 0.15) is 58.0 Å². The van der Waals surface area contributed by atoms with E-state index in [0.29, 0.717) is 11.8 Å². The Bertz CT molecular complexity index is 769. The van der Waals surface area contributed by atoms with Crippen molar-refractivity contribution in [1.82, 2.24) is 14.9 Å². The van der Waals surface area contributed by atoms with Gasteiger partial charge >= 0.3 is 0 Å². The molecule has 0 aliphatic carbocycles. The van der Waals surface area contributed by atoms with Gasteiger partial charge < -0.3 is 14.6 Å². The summed E-state index contributed by atoms with van der Waals surface area (Å²) in [5.41, 5.74) is 3.36. The van der Waals surface area contributed by atoms with Gasteiger partial charge in [0.15, 0.2) is 5.60 Å². The Morgan fingerprint density at radius 1 is 1.16 bits per heavy atom. The molecule has 1 aromatic carbocycles. The molecule has 2 aliphatic heterocycles. The third kappa shape index (κ3) is 2.67. The average molecular weight is 339 g/mol. The Hall–Kier alpha value is -1.81. The maximum absolute atomic E-state index is 6.70. The van der Waals surface area contributed by atoms with Crippen LogP contribution in [0.3, 0.4) is 0 Å². The summed E-state index contributed by atoms with van der Waals surface area (Å²) in [4.78, 5) is 5.16. The van der Waals surface area contributed by atoms with Crippen molar-refractivity contribution in [1.29, 1.82) is 0 Å². The highest BCUT2D eigenvalue weighted by atomic mass is 16.5. The van der Waals surface area contributed by atoms with Gasteiger partial charge in [0, 0.05) is 30.9 Å². The molecular weight excluding hydrogens is 310 g/mol. The fourth-order valence-corrected chi connectivity index (χ4v) is 4.29. The highest BCUT2D eigenvalue weighted by molar-refractivity contribution is 5.73. The van der Waals surface area contributed by atoms with Crippen molar-refractivity contribution in [3.8, 4) is 17.0 Å². The first-order chi connectivity index (χ1) is 12.0. The molecule has 2 aliphatic rings. The lowest BCUT2D eigenvalue weighted by molar-refractivity contribution is 0.0223. The van der Waals surface area contributed by atoms with E-state index in [2.05, 4.69) is 61.8 Å². The van der Waals surface area contributed by atoms with E-state index in [1.165, 1.54) is 11.5 Å². The number of nitrogens with zero attached hydrogens (tertiary/aromatic N) is 2. The molecule has 25 heavy (non-hydrogen) atoms. The van der Waals surface area contributed by atoms with E-state index in [1.807, 2.05) is 0 Å². The second-order valence-corrected chi connectivity index (χ2v) is 8.17. The zero-order valence-corrected chi connectivity index (χ0v) is 15.8. The summed E-state index contributed by atoms with van der Waals surface area (Å²) in [6.07, 6.45) is 1.99. The van der Waals surface area contributed by atoms with Gasteiger partial charge in [0.05, 0.1) is 11.4 Å². The van der Waals surface area contributed by atoms with Crippen LogP contribution in [0.5, 0.6) is 5.75 Å². The van der Waals surface area contributed by atoms with Gasteiger partial charge in [0.25, 0.3) is 0 Å². The first-order valence-electron chi connectivity index (χ1n) is 9.62. The molecule has 3 heterocycles. The predicted molar refractivity (Wildman–Crippen MR) is 101 cm³/mol. The molecule has 4 nitrogen and oxygen atoms in total. The molecule has 134 valence electrons. The molecule has 0 amide bonds. The van der Waals surface area contributed by atoms with Crippen molar-refractivity contribution in [3.05, 3.63) is 35.8 Å². The number of para-hydroxylation sites is 1. The Morgan fingerprint density at radius 2 is 1.88 bits per heavy atom. The predicted octanol–water partition coefficient (Wildman–Crippen LogP) is 4.30. The monoisotopic (exact) mass is 339 g/mol. The van der Waals surface area contributed by atoms with E-state index < -0.39 is 0 Å². The van der Waals surface area contributed by atoms with Crippen LogP contribution in [0.25, 0.3) is 11.3 Å². The van der Waals surface area contributed by atoms with Gasteiger partial charge in [-0.3, -0.25) is 0 Å². The van der Waals surface area contributed by atoms with Gasteiger partial charge in [-0.25, -0.2) is 4.98 Å². The van der Waals surface area contributed by atoms with Crippen molar-refractivity contribution >= 4 is 0 Å². The first-order valence-corrected chi connectivity index (χ1v) is 9.62. The molecule has 0 unspecified atom stereocenters. The van der Waals surface area contributed by atoms with E-state index in [9.17, 15) is 0 Å². The Kier molecular flexibility index (Phi) is 4.11. The van der Waals surface area contributed by atoms with Crippen molar-refractivity contribution < 1.29 is 4.74 Å². The van der Waals surface area contributed by atoms with E-state index in [-0.39, 0.29) is 5.60 Å². The normalized spacial score (nSPS) is 18.3. The number of imidazole rings is 1. The fourth-order valence-electron chi connectivity index (χ4n) is 4.29. The molecule has 1 aromatic heterocycles. The van der Waals surface area contributed by atoms with Gasteiger partial charge in [0.1, 0.15) is 11.6 Å². The molecule has 4 rings (SSSR count). The first kappa shape index (κ1) is 16.6. The molecule has 1 saturated heterocycles. The highest BCUT2D eigenvalue weighted by Crippen LogP contribution is 2.49. The van der Waals surface area contributed by atoms with Gasteiger partial charge in [-0.2, -0.15) is 0 Å². The van der Waals surface area contributed by atoms with Crippen LogP contribution in [-0.2, 0) is 12.1 Å². The Balaban J connectivity index is 1.98. The number of aromatic nitrogens is 2. The van der Waals surface area contributed by atoms with Gasteiger partial charge in [-0.05, 0) is 31.1 Å². The van der Waals surface area contributed by atoms with Crippen LogP contribution in [0.4, 0.5) is 0 Å². The Morgan fingerprint density at radius 3 is 2.56 bits per heavy atom. The molecular formula is C21H29N3O. The van der Waals surface area contributed by atoms with Crippen LogP contribution in [0, 0.1) is 5.92 Å². The topological polar surface area (TPSA) is 39.1 Å². The molecule has 1 fully saturated rings. The van der Waals surface area contributed by atoms with E-state index in [4.69, 9.17) is 9.72 Å². The van der Waals surface area contributed by atoms with E-state index in [1.54, 1.807) is 0 Å². The SMILES string of the molecule is CC(C)Cn1c(C(C)C)nc2c1C1(CCNCC1)Oc1ccccc1-2. The number of hydrogen-bond donors (Lipinski definition) is 1. The summed E-state index contributed by atoms with van der Waals surface area (Å²) in [6.45, 7) is 12.0. The summed E-state index contributed by atoms with van der Waals surface area (Å²) in [5.74, 6) is 3.15. The smallest absolute Gasteiger partial charge is 0.153 e. The number of piperidine rings is 1. The van der Waals surface area contributed by atoms with Gasteiger partial charge in [0.2, 0.25) is 0 Å². The second kappa shape index (κ2) is 6.17. The average Bonchev–Trinajstić information content (AvgIpc) is 2.96. The number of benzene rings is 1. The molecule has 0 atom stereocenters. The van der Waals surface area contributed by atoms with Crippen LogP contribution < -0.4 is 10.1 Å². The van der Waals surface area contributed by atoms with Crippen LogP contribution in [0.15, 0.2) is 24.3 Å². The molecule has 0 saturated carbocycles. The van der Waals surface area contributed by atoms with Gasteiger partial charge in [-0.15, -0.1) is 0 Å². The van der Waals surface area contributed by atoms with Crippen LogP contribution in [-0.4, -0.2) is 22.6 Å². The van der Waals surface area contributed by atoms with E-state index >= 15 is 0 Å². The lowest BCUT2D eigenvalue weighted by Gasteiger charge is -2.42. The van der Waals surface area contributed by atoms with Crippen molar-refractivity contribution in [2.45, 2.75) is 58.6 Å². The number of nitrogens with one attached hydrogen (secondary N) is 1. The van der Waals surface area contributed by atoms with Gasteiger partial charge in [-0.1, -0.05) is 39.8 Å². The summed E-state index contributed by atoms with van der Waals surface area (Å²) >= 11 is 0. The molecule has 1 N–H and O–H groups in total. The lowest BCUT2D eigenvalue weighted by Crippen LogP contribution is -2.47. The third-order valence-electron chi connectivity index (χ3n) is 5.35. The second-order valence-electron chi connectivity index (χ2n) is 8.17. The highest BCUT2D eigenvalue weighted by Gasteiger charge is 2.46. The molecule has 2 aromatic rings. The van der Waals surface area contributed by atoms with Crippen molar-refractivity contribution in [2.75, 3.05) is 13.1 Å². The minimum absolute atomic E-state index is 0.246. The molecule has 4 heteroatoms. The number of fused-ring (bicyclic) bond motifs is 4. The fraction of sp³-hybridized carbons (Fsp3) is 0.571. The zero-order chi connectivity index (χ0) is 17.6. The summed E-state index contributed by atoms with van der Waals surface area (Å²) in [7, 11) is 0.